The lowest BCUT2D eigenvalue weighted by Crippen LogP contribution is -2.44. The van der Waals surface area contributed by atoms with Gasteiger partial charge in [-0.25, -0.2) is 19.2 Å². The molecule has 0 spiro atoms. The van der Waals surface area contributed by atoms with Crippen molar-refractivity contribution < 1.29 is 24.1 Å². The number of pyridine rings is 4. The van der Waals surface area contributed by atoms with Crippen LogP contribution in [0.3, 0.4) is 0 Å². The molecule has 0 unspecified atom stereocenters. The number of esters is 1. The molecular weight excluding hydrogens is 752 g/mol. The summed E-state index contributed by atoms with van der Waals surface area (Å²) < 4.78 is 20.6. The number of hydrogen-bond acceptors (Lipinski definition) is 10. The molecule has 0 amide bonds. The minimum absolute atomic E-state index is 0.104. The van der Waals surface area contributed by atoms with Gasteiger partial charge in [-0.1, -0.05) is 6.92 Å². The fourth-order valence-corrected chi connectivity index (χ4v) is 8.65. The molecule has 13 nitrogen and oxygen atoms in total. The largest absolute Gasteiger partial charge is 0.508 e. The maximum atomic E-state index is 13.9. The molecule has 0 aliphatic carbocycles. The molecule has 6 aromatic heterocycles. The normalized spacial score (nSPS) is 15.8. The van der Waals surface area contributed by atoms with Gasteiger partial charge in [0.25, 0.3) is 5.56 Å². The molecule has 0 saturated heterocycles. The lowest BCUT2D eigenvalue weighted by atomic mass is 9.86. The van der Waals surface area contributed by atoms with Crippen LogP contribution in [0.25, 0.3) is 77.4 Å². The third kappa shape index (κ3) is 5.51. The van der Waals surface area contributed by atoms with E-state index in [1.165, 1.54) is 6.07 Å². The summed E-state index contributed by atoms with van der Waals surface area (Å²) >= 11 is 0. The number of hydrogen-bond donors (Lipinski definition) is 4. The summed E-state index contributed by atoms with van der Waals surface area (Å²) in [5.74, 6) is -0.103. The Bertz CT molecular complexity index is 3240. The predicted molar refractivity (Wildman–Crippen MR) is 222 cm³/mol. The first-order chi connectivity index (χ1) is 28.4. The molecule has 9 aromatic rings. The van der Waals surface area contributed by atoms with E-state index in [0.717, 1.165) is 71.5 Å². The van der Waals surface area contributed by atoms with E-state index in [0.29, 0.717) is 46.9 Å². The van der Waals surface area contributed by atoms with Crippen molar-refractivity contribution in [3.8, 4) is 28.5 Å². The van der Waals surface area contributed by atoms with E-state index >= 15 is 0 Å². The number of phenolic OH excluding ortho intramolecular Hbond substituents is 1. The number of phenols is 1. The molecule has 0 radical (unpaired) electrons. The van der Waals surface area contributed by atoms with Gasteiger partial charge in [-0.2, -0.15) is 0 Å². The second-order valence-corrected chi connectivity index (χ2v) is 15.4. The number of rotatable bonds is 4. The van der Waals surface area contributed by atoms with Gasteiger partial charge in [-0.05, 0) is 94.2 Å². The minimum Gasteiger partial charge on any atom is -0.508 e. The van der Waals surface area contributed by atoms with Gasteiger partial charge in [0.05, 0.1) is 51.1 Å². The standard InChI is InChI=1S/C23H23N3O5.C22H14FN5/c1-4-23(30)16-8-18-20-12(9-26(18)21(28)15(16)11-31-22(23)29)7-13-14(10-25(2)3)19(27)6-5-17(13)24-20;1-11-17(15-10-12(23)6-7-16(15)26-11)22-27-20-13-4-2-8-24-18(13)19-14(21(20)28-22)5-3-9-25-19/h5-8,27,30H,4,9-11H2,1-3H3;2-10,26H,1H3,(H,27,28)/t23-;/m0./s1. The van der Waals surface area contributed by atoms with Crippen molar-refractivity contribution >= 4 is 60.6 Å². The summed E-state index contributed by atoms with van der Waals surface area (Å²) in [5.41, 5.74) is 8.12. The van der Waals surface area contributed by atoms with Gasteiger partial charge in [0, 0.05) is 73.9 Å². The van der Waals surface area contributed by atoms with E-state index < -0.39 is 11.6 Å². The first kappa shape index (κ1) is 36.3. The summed E-state index contributed by atoms with van der Waals surface area (Å²) in [6.07, 6.45) is 3.64. The maximum Gasteiger partial charge on any atom is 0.343 e. The molecule has 11 rings (SSSR count). The minimum atomic E-state index is -1.84. The van der Waals surface area contributed by atoms with Crippen LogP contribution in [0.2, 0.25) is 0 Å². The van der Waals surface area contributed by atoms with Crippen LogP contribution in [-0.4, -0.2) is 69.6 Å². The number of aromatic hydroxyl groups is 1. The Morgan fingerprint density at radius 1 is 0.915 bits per heavy atom. The van der Waals surface area contributed by atoms with Crippen molar-refractivity contribution in [2.45, 2.75) is 45.6 Å². The molecule has 3 aromatic carbocycles. The van der Waals surface area contributed by atoms with Crippen molar-refractivity contribution in [3.63, 3.8) is 0 Å². The number of H-pyrrole nitrogens is 2. The van der Waals surface area contributed by atoms with Crippen molar-refractivity contribution in [2.24, 2.45) is 0 Å². The number of benzene rings is 3. The Morgan fingerprint density at radius 2 is 1.68 bits per heavy atom. The van der Waals surface area contributed by atoms with Crippen molar-refractivity contribution in [2.75, 3.05) is 14.1 Å². The number of aromatic amines is 2. The molecule has 59 heavy (non-hydrogen) atoms. The van der Waals surface area contributed by atoms with Crippen LogP contribution in [0.5, 0.6) is 5.75 Å². The number of aromatic nitrogens is 7. The molecule has 8 heterocycles. The molecule has 4 N–H and O–H groups in total. The fourth-order valence-electron chi connectivity index (χ4n) is 8.65. The molecule has 294 valence electrons. The second kappa shape index (κ2) is 13.3. The Labute approximate surface area is 334 Å². The number of halogens is 1. The zero-order valence-corrected chi connectivity index (χ0v) is 32.5. The van der Waals surface area contributed by atoms with Gasteiger partial charge in [0.1, 0.15) is 24.0 Å². The van der Waals surface area contributed by atoms with Crippen LogP contribution < -0.4 is 5.56 Å². The Balaban J connectivity index is 0.000000143. The lowest BCUT2D eigenvalue weighted by molar-refractivity contribution is -0.172. The van der Waals surface area contributed by atoms with Gasteiger partial charge >= 0.3 is 5.97 Å². The van der Waals surface area contributed by atoms with Gasteiger partial charge in [-0.3, -0.25) is 14.8 Å². The monoisotopic (exact) mass is 788 g/mol. The zero-order chi connectivity index (χ0) is 40.9. The third-order valence-electron chi connectivity index (χ3n) is 11.5. The van der Waals surface area contributed by atoms with Gasteiger partial charge in [-0.15, -0.1) is 0 Å². The highest BCUT2D eigenvalue weighted by molar-refractivity contribution is 6.21. The van der Waals surface area contributed by atoms with E-state index in [-0.39, 0.29) is 30.2 Å². The van der Waals surface area contributed by atoms with Gasteiger partial charge in [0.15, 0.2) is 5.60 Å². The van der Waals surface area contributed by atoms with E-state index in [1.54, 1.807) is 54.2 Å². The van der Waals surface area contributed by atoms with Crippen molar-refractivity contribution in [3.05, 3.63) is 123 Å². The molecule has 0 saturated carbocycles. The van der Waals surface area contributed by atoms with Crippen molar-refractivity contribution in [1.82, 2.24) is 39.4 Å². The summed E-state index contributed by atoms with van der Waals surface area (Å²) in [6, 6.07) is 19.6. The van der Waals surface area contributed by atoms with Crippen LogP contribution in [0.4, 0.5) is 4.39 Å². The number of aliphatic hydroxyl groups is 1. The fraction of sp³-hybridized carbons (Fsp3) is 0.200. The topological polar surface area (TPSA) is 175 Å². The number of carbonyl (C=O) groups is 1. The molecule has 14 heteroatoms. The molecule has 0 bridgehead atoms. The molecular formula is C45H37FN8O5. The molecule has 1 atom stereocenters. The van der Waals surface area contributed by atoms with E-state index in [4.69, 9.17) is 14.7 Å². The van der Waals surface area contributed by atoms with Crippen LogP contribution in [0.1, 0.15) is 41.3 Å². The highest BCUT2D eigenvalue weighted by Gasteiger charge is 2.45. The van der Waals surface area contributed by atoms with Gasteiger partial charge < -0.3 is 34.4 Å². The number of cyclic esters (lactones) is 1. The van der Waals surface area contributed by atoms with Crippen LogP contribution in [0.15, 0.2) is 83.9 Å². The first-order valence-electron chi connectivity index (χ1n) is 19.2. The average molecular weight is 789 g/mol. The van der Waals surface area contributed by atoms with E-state index in [2.05, 4.69) is 19.9 Å². The number of nitrogens with one attached hydrogen (secondary N) is 2. The van der Waals surface area contributed by atoms with Crippen molar-refractivity contribution in [1.29, 1.82) is 0 Å². The Kier molecular flexibility index (Phi) is 8.16. The van der Waals surface area contributed by atoms with Crippen LogP contribution in [-0.2, 0) is 34.8 Å². The highest BCUT2D eigenvalue weighted by Crippen LogP contribution is 2.40. The third-order valence-corrected chi connectivity index (χ3v) is 11.5. The first-order valence-corrected chi connectivity index (χ1v) is 19.2. The molecule has 2 aliphatic rings. The number of fused-ring (bicyclic) bond motifs is 12. The number of carbonyl (C=O) groups excluding carboxylic acids is 1. The zero-order valence-electron chi connectivity index (χ0n) is 32.5. The number of nitrogens with zero attached hydrogens (tertiary/aromatic N) is 6. The molecule has 0 fully saturated rings. The SMILES string of the molecule is CC[C@@]1(O)C(=O)OCc2c1cc1n(c2=O)Cc2cc3c(CN(C)C)c(O)ccc3nc2-1.Cc1[nH]c2ccc(F)cc2c1-c1nc2c3cccnc3c3ncccc3c2[nH]1. The number of aryl methyl sites for hydroxylation is 1. The second-order valence-electron chi connectivity index (χ2n) is 15.4. The smallest absolute Gasteiger partial charge is 0.343 e. The summed E-state index contributed by atoms with van der Waals surface area (Å²) in [4.78, 5) is 53.1. The summed E-state index contributed by atoms with van der Waals surface area (Å²) in [7, 11) is 3.86. The van der Waals surface area contributed by atoms with Gasteiger partial charge in [0.2, 0.25) is 0 Å². The Morgan fingerprint density at radius 3 is 2.44 bits per heavy atom. The quantitative estimate of drug-likeness (QED) is 0.106. The number of imidazole rings is 1. The maximum absolute atomic E-state index is 13.9. The van der Waals surface area contributed by atoms with E-state index in [9.17, 15) is 24.2 Å². The van der Waals surface area contributed by atoms with Crippen LogP contribution >= 0.6 is 0 Å². The highest BCUT2D eigenvalue weighted by atomic mass is 19.1. The number of ether oxygens (including phenoxy) is 1. The Hall–Kier alpha value is -7.03. The van der Waals surface area contributed by atoms with Crippen LogP contribution in [0, 0.1) is 12.7 Å². The lowest BCUT2D eigenvalue weighted by Gasteiger charge is -2.31. The van der Waals surface area contributed by atoms with E-state index in [1.807, 2.05) is 56.3 Å². The average Bonchev–Trinajstić information content (AvgIpc) is 3.93. The predicted octanol–water partition coefficient (Wildman–Crippen LogP) is 7.10. The molecule has 2 aliphatic heterocycles. The summed E-state index contributed by atoms with van der Waals surface area (Å²) in [5, 5.41) is 24.9. The summed E-state index contributed by atoms with van der Waals surface area (Å²) in [6.45, 7) is 4.38.